The largest absolute Gasteiger partial charge is 0.445 e. The minimum absolute atomic E-state index is 0.00990. The van der Waals surface area contributed by atoms with Crippen LogP contribution in [-0.2, 0) is 14.3 Å². The molecular weight excluding hydrogens is 298 g/mol. The van der Waals surface area contributed by atoms with Gasteiger partial charge in [0.1, 0.15) is 0 Å². The fourth-order valence-electron chi connectivity index (χ4n) is 1.97. The molecule has 1 unspecified atom stereocenters. The van der Waals surface area contributed by atoms with Crippen molar-refractivity contribution in [1.82, 2.24) is 0 Å². The molecule has 1 aliphatic rings. The van der Waals surface area contributed by atoms with Gasteiger partial charge in [-0.05, 0) is 29.4 Å². The molecule has 116 valence electrons. The van der Waals surface area contributed by atoms with Crippen LogP contribution in [0.4, 0.5) is 0 Å². The van der Waals surface area contributed by atoms with E-state index >= 15 is 0 Å². The second-order valence-corrected chi connectivity index (χ2v) is 4.74. The number of benzene rings is 2. The van der Waals surface area contributed by atoms with Crippen LogP contribution in [0.25, 0.3) is 0 Å². The molecule has 6 nitrogen and oxygen atoms in total. The van der Waals surface area contributed by atoms with Crippen LogP contribution >= 0.6 is 0 Å². The van der Waals surface area contributed by atoms with Gasteiger partial charge < -0.3 is 14.3 Å². The van der Waals surface area contributed by atoms with Crippen molar-refractivity contribution in [3.05, 3.63) is 71.8 Å². The van der Waals surface area contributed by atoms with Crippen LogP contribution in [-0.4, -0.2) is 30.5 Å². The Kier molecular flexibility index (Phi) is 4.33. The Morgan fingerprint density at radius 3 is 2.09 bits per heavy atom. The Morgan fingerprint density at radius 1 is 0.913 bits per heavy atom. The summed E-state index contributed by atoms with van der Waals surface area (Å²) in [4.78, 5) is 28.9. The van der Waals surface area contributed by atoms with Crippen LogP contribution in [0.5, 0.6) is 0 Å². The fourth-order valence-corrected chi connectivity index (χ4v) is 1.97. The lowest BCUT2D eigenvalue weighted by atomic mass is 10.2. The monoisotopic (exact) mass is 311 g/mol. The van der Waals surface area contributed by atoms with E-state index < -0.39 is 18.0 Å². The van der Waals surface area contributed by atoms with Crippen molar-refractivity contribution in [3.8, 4) is 0 Å². The summed E-state index contributed by atoms with van der Waals surface area (Å²) in [7, 11) is 0. The van der Waals surface area contributed by atoms with E-state index in [0.29, 0.717) is 11.1 Å². The molecule has 1 atom stereocenters. The first-order valence-corrected chi connectivity index (χ1v) is 6.97. The average Bonchev–Trinajstić information content (AvgIpc) is 3.03. The molecule has 0 radical (unpaired) electrons. The summed E-state index contributed by atoms with van der Waals surface area (Å²) >= 11 is 0. The maximum atomic E-state index is 12.0. The van der Waals surface area contributed by atoms with Gasteiger partial charge in [-0.15, -0.1) is 0 Å². The summed E-state index contributed by atoms with van der Waals surface area (Å²) in [6.07, 6.45) is -0.852. The highest BCUT2D eigenvalue weighted by atomic mass is 16.7. The number of hydrogen-bond acceptors (Lipinski definition) is 6. The molecule has 2 aromatic carbocycles. The Labute approximate surface area is 132 Å². The van der Waals surface area contributed by atoms with Crippen LogP contribution in [0, 0.1) is 0 Å². The van der Waals surface area contributed by atoms with Gasteiger partial charge in [-0.2, -0.15) is 0 Å². The summed E-state index contributed by atoms with van der Waals surface area (Å²) in [6.45, 7) is 0.00990. The Hall–Kier alpha value is -3.15. The Balaban J connectivity index is 1.64. The third kappa shape index (κ3) is 3.55. The Morgan fingerprint density at radius 2 is 1.48 bits per heavy atom. The molecule has 0 saturated carbocycles. The molecule has 6 heteroatoms. The van der Waals surface area contributed by atoms with Crippen molar-refractivity contribution in [1.29, 1.82) is 0 Å². The van der Waals surface area contributed by atoms with Gasteiger partial charge in [0, 0.05) is 0 Å². The van der Waals surface area contributed by atoms with Gasteiger partial charge in [0.2, 0.25) is 6.10 Å². The molecule has 0 saturated heterocycles. The van der Waals surface area contributed by atoms with E-state index in [2.05, 4.69) is 5.16 Å². The van der Waals surface area contributed by atoms with Crippen LogP contribution < -0.4 is 0 Å². The van der Waals surface area contributed by atoms with Gasteiger partial charge in [0.15, 0.2) is 6.61 Å². The third-order valence-electron chi connectivity index (χ3n) is 3.12. The van der Waals surface area contributed by atoms with Crippen molar-refractivity contribution < 1.29 is 23.9 Å². The highest BCUT2D eigenvalue weighted by Crippen LogP contribution is 2.13. The number of carbonyl (C=O) groups is 2. The van der Waals surface area contributed by atoms with Gasteiger partial charge in [0.25, 0.3) is 5.90 Å². The maximum Gasteiger partial charge on any atom is 0.344 e. The number of ether oxygens (including phenoxy) is 2. The average molecular weight is 311 g/mol. The van der Waals surface area contributed by atoms with Gasteiger partial charge in [-0.25, -0.2) is 9.59 Å². The summed E-state index contributed by atoms with van der Waals surface area (Å²) in [5.74, 6) is -1.19. The van der Waals surface area contributed by atoms with Gasteiger partial charge >= 0.3 is 11.9 Å². The topological polar surface area (TPSA) is 74.2 Å². The van der Waals surface area contributed by atoms with Crippen molar-refractivity contribution >= 4 is 17.8 Å². The Bertz CT molecular complexity index is 727. The fraction of sp³-hybridized carbons (Fsp3) is 0.118. The zero-order valence-corrected chi connectivity index (χ0v) is 12.0. The van der Waals surface area contributed by atoms with Crippen LogP contribution in [0.15, 0.2) is 65.8 Å². The quantitative estimate of drug-likeness (QED) is 0.814. The van der Waals surface area contributed by atoms with Crippen LogP contribution in [0.2, 0.25) is 0 Å². The molecular formula is C17H13NO5. The number of nitrogens with zero attached hydrogens (tertiary/aromatic N) is 1. The standard InChI is InChI=1S/C17H13NO5/c19-16(12-7-3-1-4-8-12)22-14-11-21-18-15(14)23-17(20)13-9-5-2-6-10-13/h1-10,14H,11H2. The van der Waals surface area contributed by atoms with E-state index in [1.54, 1.807) is 60.7 Å². The minimum atomic E-state index is -0.852. The molecule has 0 aliphatic carbocycles. The lowest BCUT2D eigenvalue weighted by Crippen LogP contribution is -2.30. The summed E-state index contributed by atoms with van der Waals surface area (Å²) in [5.41, 5.74) is 0.767. The molecule has 0 aromatic heterocycles. The predicted octanol–water partition coefficient (Wildman–Crippen LogP) is 2.41. The molecule has 1 heterocycles. The first kappa shape index (κ1) is 14.8. The van der Waals surface area contributed by atoms with E-state index in [9.17, 15) is 9.59 Å². The molecule has 23 heavy (non-hydrogen) atoms. The van der Waals surface area contributed by atoms with Gasteiger partial charge in [0.05, 0.1) is 11.1 Å². The predicted molar refractivity (Wildman–Crippen MR) is 80.9 cm³/mol. The molecule has 0 spiro atoms. The SMILES string of the molecule is O=C(OC1=NOCC1OC(=O)c1ccccc1)c1ccccc1. The smallest absolute Gasteiger partial charge is 0.344 e. The first-order valence-electron chi connectivity index (χ1n) is 6.97. The van der Waals surface area contributed by atoms with Crippen LogP contribution in [0.3, 0.4) is 0 Å². The molecule has 2 aromatic rings. The highest BCUT2D eigenvalue weighted by molar-refractivity contribution is 6.01. The zero-order valence-electron chi connectivity index (χ0n) is 12.0. The second-order valence-electron chi connectivity index (χ2n) is 4.74. The van der Waals surface area contributed by atoms with Crippen LogP contribution in [0.1, 0.15) is 20.7 Å². The normalized spacial score (nSPS) is 16.2. The van der Waals surface area contributed by atoms with Crippen molar-refractivity contribution in [3.63, 3.8) is 0 Å². The third-order valence-corrected chi connectivity index (χ3v) is 3.12. The van der Waals surface area contributed by atoms with Gasteiger partial charge in [-0.1, -0.05) is 36.4 Å². The number of hydrogen-bond donors (Lipinski definition) is 0. The number of carbonyl (C=O) groups excluding carboxylic acids is 2. The van der Waals surface area contributed by atoms with E-state index in [0.717, 1.165) is 0 Å². The molecule has 0 amide bonds. The van der Waals surface area contributed by atoms with E-state index in [1.807, 2.05) is 0 Å². The molecule has 3 rings (SSSR count). The summed E-state index contributed by atoms with van der Waals surface area (Å²) < 4.78 is 10.4. The van der Waals surface area contributed by atoms with Gasteiger partial charge in [-0.3, -0.25) is 0 Å². The zero-order chi connectivity index (χ0) is 16.1. The second kappa shape index (κ2) is 6.74. The molecule has 1 aliphatic heterocycles. The van der Waals surface area contributed by atoms with E-state index in [1.165, 1.54) is 0 Å². The maximum absolute atomic E-state index is 12.0. The number of esters is 2. The van der Waals surface area contributed by atoms with E-state index in [-0.39, 0.29) is 12.5 Å². The van der Waals surface area contributed by atoms with Crippen molar-refractivity contribution in [2.75, 3.05) is 6.61 Å². The van der Waals surface area contributed by atoms with Crippen molar-refractivity contribution in [2.45, 2.75) is 6.10 Å². The number of oxime groups is 1. The minimum Gasteiger partial charge on any atom is -0.445 e. The van der Waals surface area contributed by atoms with Crippen molar-refractivity contribution in [2.24, 2.45) is 5.16 Å². The number of rotatable bonds is 3. The summed E-state index contributed by atoms with van der Waals surface area (Å²) in [6, 6.07) is 17.0. The first-order chi connectivity index (χ1) is 11.2. The molecule has 0 bridgehead atoms. The molecule has 0 N–H and O–H groups in total. The molecule has 0 fully saturated rings. The lowest BCUT2D eigenvalue weighted by molar-refractivity contribution is 0.0262. The summed E-state index contributed by atoms with van der Waals surface area (Å²) in [5, 5.41) is 3.63. The highest BCUT2D eigenvalue weighted by Gasteiger charge is 2.31. The van der Waals surface area contributed by atoms with E-state index in [4.69, 9.17) is 14.3 Å². The lowest BCUT2D eigenvalue weighted by Gasteiger charge is -2.12.